The number of nitrogens with one attached hydrogen (secondary N) is 1. The lowest BCUT2D eigenvalue weighted by Gasteiger charge is -2.32. The lowest BCUT2D eigenvalue weighted by molar-refractivity contribution is -0.141. The number of nitrogens with two attached hydrogens (primary N) is 1. The maximum Gasteiger partial charge on any atom is 0.335 e. The number of nitrogens with zero attached hydrogens (tertiary/aromatic N) is 2. The standard InChI is InChI=1S/C24H34N4O4/c25-14-16-3-5-17(6-4-16)23(30)28-15-20(27-11-1-2-12-27)13-21(28)22(29)26-19-9-7-18(8-10-19)24(31)32/h7-10,16-17,20-21H,1-6,11-15,25H2,(H,26,29)(H,31,32)/t16?,17?,20-,21-/m0/s1. The molecule has 4 rings (SSSR count). The van der Waals surface area contributed by atoms with E-state index in [-0.39, 0.29) is 29.3 Å². The highest BCUT2D eigenvalue weighted by atomic mass is 16.4. The minimum atomic E-state index is -1.01. The van der Waals surface area contributed by atoms with E-state index in [4.69, 9.17) is 10.8 Å². The van der Waals surface area contributed by atoms with E-state index in [1.165, 1.54) is 25.0 Å². The first kappa shape index (κ1) is 22.7. The van der Waals surface area contributed by atoms with Gasteiger partial charge in [-0.3, -0.25) is 14.5 Å². The second-order valence-electron chi connectivity index (χ2n) is 9.46. The summed E-state index contributed by atoms with van der Waals surface area (Å²) >= 11 is 0. The highest BCUT2D eigenvalue weighted by Crippen LogP contribution is 2.33. The molecule has 0 bridgehead atoms. The molecule has 2 aliphatic heterocycles. The minimum Gasteiger partial charge on any atom is -0.478 e. The zero-order chi connectivity index (χ0) is 22.7. The van der Waals surface area contributed by atoms with Crippen LogP contribution in [-0.4, -0.2) is 71.0 Å². The number of carbonyl (C=O) groups excluding carboxylic acids is 2. The second-order valence-corrected chi connectivity index (χ2v) is 9.46. The predicted octanol–water partition coefficient (Wildman–Crippen LogP) is 2.15. The molecule has 0 aromatic heterocycles. The minimum absolute atomic E-state index is 0.0275. The van der Waals surface area contributed by atoms with Crippen LogP contribution in [0.3, 0.4) is 0 Å². The van der Waals surface area contributed by atoms with Gasteiger partial charge in [0.1, 0.15) is 6.04 Å². The molecule has 3 fully saturated rings. The summed E-state index contributed by atoms with van der Waals surface area (Å²) in [6.45, 7) is 3.33. The van der Waals surface area contributed by atoms with E-state index in [0.717, 1.165) is 38.8 Å². The van der Waals surface area contributed by atoms with Gasteiger partial charge < -0.3 is 21.1 Å². The zero-order valence-corrected chi connectivity index (χ0v) is 18.5. The van der Waals surface area contributed by atoms with Crippen LogP contribution in [0.5, 0.6) is 0 Å². The number of carboxylic acids is 1. The van der Waals surface area contributed by atoms with Crippen molar-refractivity contribution in [1.82, 2.24) is 9.80 Å². The number of aromatic carboxylic acids is 1. The molecule has 0 radical (unpaired) electrons. The Labute approximate surface area is 189 Å². The third kappa shape index (κ3) is 4.96. The number of benzene rings is 1. The van der Waals surface area contributed by atoms with Crippen molar-refractivity contribution >= 4 is 23.5 Å². The molecule has 1 saturated carbocycles. The lowest BCUT2D eigenvalue weighted by Crippen LogP contribution is -2.46. The number of hydrogen-bond donors (Lipinski definition) is 3. The quantitative estimate of drug-likeness (QED) is 0.622. The van der Waals surface area contributed by atoms with Crippen LogP contribution in [0.15, 0.2) is 24.3 Å². The van der Waals surface area contributed by atoms with Gasteiger partial charge in [-0.25, -0.2) is 4.79 Å². The van der Waals surface area contributed by atoms with Crippen LogP contribution in [-0.2, 0) is 9.59 Å². The van der Waals surface area contributed by atoms with Crippen molar-refractivity contribution in [2.24, 2.45) is 17.6 Å². The van der Waals surface area contributed by atoms with Gasteiger partial charge in [0, 0.05) is 24.2 Å². The van der Waals surface area contributed by atoms with Crippen molar-refractivity contribution in [3.63, 3.8) is 0 Å². The molecule has 1 aliphatic carbocycles. The Bertz CT molecular complexity index is 829. The van der Waals surface area contributed by atoms with Gasteiger partial charge in [-0.05, 0) is 94.8 Å². The van der Waals surface area contributed by atoms with Gasteiger partial charge in [-0.15, -0.1) is 0 Å². The monoisotopic (exact) mass is 442 g/mol. The molecular formula is C24H34N4O4. The average Bonchev–Trinajstić information content (AvgIpc) is 3.49. The fourth-order valence-electron chi connectivity index (χ4n) is 5.48. The molecule has 8 nitrogen and oxygen atoms in total. The van der Waals surface area contributed by atoms with Gasteiger partial charge in [-0.2, -0.15) is 0 Å². The summed E-state index contributed by atoms with van der Waals surface area (Å²) in [6.07, 6.45) is 6.61. The second kappa shape index (κ2) is 10.0. The van der Waals surface area contributed by atoms with Crippen molar-refractivity contribution < 1.29 is 19.5 Å². The van der Waals surface area contributed by atoms with E-state index in [1.54, 1.807) is 12.1 Å². The van der Waals surface area contributed by atoms with E-state index < -0.39 is 12.0 Å². The average molecular weight is 443 g/mol. The molecule has 0 unspecified atom stereocenters. The summed E-state index contributed by atoms with van der Waals surface area (Å²) in [6, 6.07) is 5.84. The van der Waals surface area contributed by atoms with E-state index in [0.29, 0.717) is 31.1 Å². The van der Waals surface area contributed by atoms with E-state index in [2.05, 4.69) is 10.2 Å². The third-order valence-corrected chi connectivity index (χ3v) is 7.45. The molecule has 1 aromatic carbocycles. The Morgan fingerprint density at radius 3 is 2.28 bits per heavy atom. The van der Waals surface area contributed by atoms with Crippen LogP contribution in [0.2, 0.25) is 0 Å². The summed E-state index contributed by atoms with van der Waals surface area (Å²) < 4.78 is 0. The fraction of sp³-hybridized carbons (Fsp3) is 0.625. The summed E-state index contributed by atoms with van der Waals surface area (Å²) in [5.41, 5.74) is 6.52. The van der Waals surface area contributed by atoms with Crippen LogP contribution in [0.25, 0.3) is 0 Å². The maximum atomic E-state index is 13.5. The van der Waals surface area contributed by atoms with Gasteiger partial charge in [0.05, 0.1) is 5.56 Å². The number of amides is 2. The number of carboxylic acid groups (broad SMARTS) is 1. The topological polar surface area (TPSA) is 116 Å². The molecule has 1 aromatic rings. The fourth-order valence-corrected chi connectivity index (χ4v) is 5.48. The van der Waals surface area contributed by atoms with Crippen molar-refractivity contribution in [2.75, 3.05) is 31.5 Å². The molecule has 2 saturated heterocycles. The largest absolute Gasteiger partial charge is 0.478 e. The first-order chi connectivity index (χ1) is 15.5. The Morgan fingerprint density at radius 1 is 1.03 bits per heavy atom. The molecule has 8 heteroatoms. The molecule has 4 N–H and O–H groups in total. The van der Waals surface area contributed by atoms with E-state index >= 15 is 0 Å². The first-order valence-electron chi connectivity index (χ1n) is 11.8. The number of likely N-dealkylation sites (tertiary alicyclic amines) is 2. The Balaban J connectivity index is 1.46. The number of carbonyl (C=O) groups is 3. The van der Waals surface area contributed by atoms with Crippen LogP contribution >= 0.6 is 0 Å². The van der Waals surface area contributed by atoms with Gasteiger partial charge >= 0.3 is 5.97 Å². The van der Waals surface area contributed by atoms with Gasteiger partial charge in [0.25, 0.3) is 0 Å². The van der Waals surface area contributed by atoms with E-state index in [9.17, 15) is 14.4 Å². The highest BCUT2D eigenvalue weighted by Gasteiger charge is 2.44. The van der Waals surface area contributed by atoms with E-state index in [1.807, 2.05) is 4.90 Å². The predicted molar refractivity (Wildman–Crippen MR) is 121 cm³/mol. The molecule has 174 valence electrons. The summed E-state index contributed by atoms with van der Waals surface area (Å²) in [5.74, 6) is -0.626. The Morgan fingerprint density at radius 2 is 1.69 bits per heavy atom. The smallest absolute Gasteiger partial charge is 0.335 e. The lowest BCUT2D eigenvalue weighted by atomic mass is 9.81. The molecular weight excluding hydrogens is 408 g/mol. The molecule has 0 spiro atoms. The first-order valence-corrected chi connectivity index (χ1v) is 11.8. The van der Waals surface area contributed by atoms with Crippen LogP contribution < -0.4 is 11.1 Å². The normalized spacial score (nSPS) is 28.6. The SMILES string of the molecule is NCC1CCC(C(=O)N2C[C@@H](N3CCCC3)C[C@H]2C(=O)Nc2ccc(C(=O)O)cc2)CC1. The summed E-state index contributed by atoms with van der Waals surface area (Å²) in [4.78, 5) is 42.0. The van der Waals surface area contributed by atoms with Crippen LogP contribution in [0, 0.1) is 11.8 Å². The van der Waals surface area contributed by atoms with Crippen molar-refractivity contribution in [3.05, 3.63) is 29.8 Å². The van der Waals surface area contributed by atoms with Crippen LogP contribution in [0.1, 0.15) is 55.3 Å². The maximum absolute atomic E-state index is 13.5. The van der Waals surface area contributed by atoms with Crippen molar-refractivity contribution in [2.45, 2.75) is 57.0 Å². The van der Waals surface area contributed by atoms with Gasteiger partial charge in [-0.1, -0.05) is 0 Å². The molecule has 3 aliphatic rings. The van der Waals surface area contributed by atoms with Crippen molar-refractivity contribution in [1.29, 1.82) is 0 Å². The molecule has 32 heavy (non-hydrogen) atoms. The Hall–Kier alpha value is -2.45. The molecule has 2 amide bonds. The number of rotatable bonds is 6. The third-order valence-electron chi connectivity index (χ3n) is 7.45. The number of hydrogen-bond acceptors (Lipinski definition) is 5. The van der Waals surface area contributed by atoms with Gasteiger partial charge in [0.15, 0.2) is 0 Å². The Kier molecular flexibility index (Phi) is 7.10. The summed E-state index contributed by atoms with van der Waals surface area (Å²) in [5, 5.41) is 12.0. The zero-order valence-electron chi connectivity index (χ0n) is 18.5. The summed E-state index contributed by atoms with van der Waals surface area (Å²) in [7, 11) is 0. The highest BCUT2D eigenvalue weighted by molar-refractivity contribution is 5.98. The van der Waals surface area contributed by atoms with Crippen molar-refractivity contribution in [3.8, 4) is 0 Å². The number of anilines is 1. The molecule has 2 atom stereocenters. The molecule has 2 heterocycles. The van der Waals surface area contributed by atoms with Crippen LogP contribution in [0.4, 0.5) is 5.69 Å². The van der Waals surface area contributed by atoms with Gasteiger partial charge in [0.2, 0.25) is 11.8 Å².